The normalized spacial score (nSPS) is 13.3. The first-order valence-electron chi connectivity index (χ1n) is 13.8. The molecule has 0 aliphatic carbocycles. The molecule has 2 aromatic carbocycles. The summed E-state index contributed by atoms with van der Waals surface area (Å²) in [4.78, 5) is 29.0. The van der Waals surface area contributed by atoms with Crippen LogP contribution in [0.1, 0.15) is 22.8 Å². The summed E-state index contributed by atoms with van der Waals surface area (Å²) in [5, 5.41) is 4.32. The molecule has 3 aromatic heterocycles. The number of Topliss-reactive ketones (excluding diaryl/α,β-unsaturated/α-hetero) is 1. The molecule has 1 aliphatic rings. The second-order valence-corrected chi connectivity index (χ2v) is 9.93. The third-order valence-corrected chi connectivity index (χ3v) is 7.15. The molecule has 220 valence electrons. The monoisotopic (exact) mass is 586 g/mol. The Bertz CT molecular complexity index is 1850. The molecule has 0 radical (unpaired) electrons. The van der Waals surface area contributed by atoms with E-state index in [0.717, 1.165) is 5.69 Å². The van der Waals surface area contributed by atoms with E-state index in [1.54, 1.807) is 29.8 Å². The largest absolute Gasteiger partial charge is 0.493 e. The van der Waals surface area contributed by atoms with Crippen molar-refractivity contribution in [2.24, 2.45) is 0 Å². The van der Waals surface area contributed by atoms with Gasteiger partial charge in [0.25, 0.3) is 5.56 Å². The zero-order valence-electron chi connectivity index (χ0n) is 23.3. The smallest absolute Gasteiger partial charge is 0.269 e. The molecule has 11 heteroatoms. The second kappa shape index (κ2) is 12.1. The summed E-state index contributed by atoms with van der Waals surface area (Å²) in [5.41, 5.74) is 1.49. The highest BCUT2D eigenvalue weighted by Crippen LogP contribution is 2.33. The van der Waals surface area contributed by atoms with E-state index in [9.17, 15) is 14.0 Å². The van der Waals surface area contributed by atoms with Gasteiger partial charge in [0.15, 0.2) is 23.1 Å². The summed E-state index contributed by atoms with van der Waals surface area (Å²) in [6, 6.07) is 14.7. The Morgan fingerprint density at radius 1 is 0.953 bits per heavy atom. The average molecular weight is 587 g/mol. The lowest BCUT2D eigenvalue weighted by Gasteiger charge is -2.29. The number of rotatable bonds is 9. The van der Waals surface area contributed by atoms with Crippen LogP contribution in [-0.2, 0) is 11.2 Å². The predicted molar refractivity (Wildman–Crippen MR) is 156 cm³/mol. The number of aromatic nitrogens is 3. The minimum Gasteiger partial charge on any atom is -0.493 e. The highest BCUT2D eigenvalue weighted by atomic mass is 19.1. The van der Waals surface area contributed by atoms with Gasteiger partial charge in [-0.1, -0.05) is 6.07 Å². The number of carbonyl (C=O) groups excluding carboxylic acids is 1. The number of nitrogens with zero attached hydrogens (tertiary/aromatic N) is 4. The average Bonchev–Trinajstić information content (AvgIpc) is 3.49. The van der Waals surface area contributed by atoms with Crippen LogP contribution in [0.5, 0.6) is 17.2 Å². The van der Waals surface area contributed by atoms with Gasteiger partial charge in [0.05, 0.1) is 37.9 Å². The van der Waals surface area contributed by atoms with Gasteiger partial charge >= 0.3 is 0 Å². The minimum atomic E-state index is -0.665. The number of hydrogen-bond acceptors (Lipinski definition) is 7. The van der Waals surface area contributed by atoms with Crippen molar-refractivity contribution in [2.45, 2.75) is 13.3 Å². The van der Waals surface area contributed by atoms with Crippen LogP contribution < -0.4 is 19.9 Å². The Kier molecular flexibility index (Phi) is 7.89. The number of morpholine rings is 1. The summed E-state index contributed by atoms with van der Waals surface area (Å²) in [6.07, 6.45) is 4.75. The highest BCUT2D eigenvalue weighted by molar-refractivity contribution is 5.99. The molecule has 1 aliphatic heterocycles. The van der Waals surface area contributed by atoms with Gasteiger partial charge in [0, 0.05) is 37.5 Å². The van der Waals surface area contributed by atoms with Crippen molar-refractivity contribution in [1.82, 2.24) is 14.2 Å². The summed E-state index contributed by atoms with van der Waals surface area (Å²) >= 11 is 0. The van der Waals surface area contributed by atoms with Crippen LogP contribution in [0.2, 0.25) is 0 Å². The van der Waals surface area contributed by atoms with E-state index < -0.39 is 23.0 Å². The quantitative estimate of drug-likeness (QED) is 0.219. The predicted octanol–water partition coefficient (Wildman–Crippen LogP) is 5.22. The number of benzene rings is 2. The van der Waals surface area contributed by atoms with Crippen molar-refractivity contribution < 1.29 is 27.8 Å². The lowest BCUT2D eigenvalue weighted by Crippen LogP contribution is -2.36. The van der Waals surface area contributed by atoms with E-state index in [4.69, 9.17) is 14.2 Å². The number of halogens is 2. The fourth-order valence-electron chi connectivity index (χ4n) is 5.05. The Balaban J connectivity index is 1.26. The van der Waals surface area contributed by atoms with Crippen molar-refractivity contribution in [1.29, 1.82) is 0 Å². The first-order valence-corrected chi connectivity index (χ1v) is 13.8. The Morgan fingerprint density at radius 3 is 2.49 bits per heavy atom. The van der Waals surface area contributed by atoms with Gasteiger partial charge in [0.2, 0.25) is 0 Å². The molecule has 0 atom stereocenters. The number of fused-ring (bicyclic) bond motifs is 1. The van der Waals surface area contributed by atoms with Crippen molar-refractivity contribution in [3.8, 4) is 22.9 Å². The zero-order valence-corrected chi connectivity index (χ0v) is 23.3. The number of anilines is 1. The standard InChI is InChI=1S/C32H28F2N4O5/c1-2-42-29-10-12-37(23-6-4-22(33)5-7-23)32(40)31(29)27(39)18-21-3-8-28(25(34)17-21)43-30-19-24(36-13-15-41-16-14-36)20-38-26(30)9-11-35-38/h3-12,17,19-20H,2,13-16,18H2,1H3. The molecule has 0 N–H and O–H groups in total. The SMILES string of the molecule is CCOc1ccn(-c2ccc(F)cc2)c(=O)c1C(=O)Cc1ccc(Oc2cc(N3CCOCC3)cn3nccc23)c(F)c1. The van der Waals surface area contributed by atoms with Crippen molar-refractivity contribution in [3.05, 3.63) is 112 Å². The maximum Gasteiger partial charge on any atom is 0.269 e. The minimum absolute atomic E-state index is 0.0215. The number of ether oxygens (including phenoxy) is 3. The van der Waals surface area contributed by atoms with E-state index in [2.05, 4.69) is 10.00 Å². The maximum absolute atomic E-state index is 15.4. The van der Waals surface area contributed by atoms with Crippen molar-refractivity contribution >= 4 is 17.0 Å². The molecule has 1 saturated heterocycles. The fraction of sp³-hybridized carbons (Fsp3) is 0.219. The van der Waals surface area contributed by atoms with Crippen LogP contribution in [-0.4, -0.2) is 52.9 Å². The van der Waals surface area contributed by atoms with E-state index >= 15 is 4.39 Å². The molecule has 0 bridgehead atoms. The van der Waals surface area contributed by atoms with Crippen LogP contribution in [0.15, 0.2) is 84.0 Å². The molecule has 6 rings (SSSR count). The third-order valence-electron chi connectivity index (χ3n) is 7.15. The lowest BCUT2D eigenvalue weighted by molar-refractivity contribution is 0.0987. The van der Waals surface area contributed by atoms with Gasteiger partial charge in [-0.05, 0) is 61.0 Å². The first-order chi connectivity index (χ1) is 20.9. The second-order valence-electron chi connectivity index (χ2n) is 9.93. The van der Waals surface area contributed by atoms with E-state index in [1.807, 2.05) is 12.3 Å². The molecule has 4 heterocycles. The Hall–Kier alpha value is -5.03. The molecule has 0 spiro atoms. The molecular formula is C32H28F2N4O5. The van der Waals surface area contributed by atoms with Gasteiger partial charge in [0.1, 0.15) is 22.6 Å². The summed E-state index contributed by atoms with van der Waals surface area (Å²) in [5.74, 6) is -1.13. The van der Waals surface area contributed by atoms with Gasteiger partial charge in [-0.25, -0.2) is 13.3 Å². The van der Waals surface area contributed by atoms with Gasteiger partial charge < -0.3 is 19.1 Å². The van der Waals surface area contributed by atoms with Crippen molar-refractivity contribution in [2.75, 3.05) is 37.8 Å². The summed E-state index contributed by atoms with van der Waals surface area (Å²) < 4.78 is 48.8. The lowest BCUT2D eigenvalue weighted by atomic mass is 10.0. The first kappa shape index (κ1) is 28.1. The number of pyridine rings is 2. The van der Waals surface area contributed by atoms with E-state index in [1.165, 1.54) is 53.2 Å². The van der Waals surface area contributed by atoms with Crippen LogP contribution in [0.4, 0.5) is 14.5 Å². The number of carbonyl (C=O) groups is 1. The maximum atomic E-state index is 15.4. The fourth-order valence-corrected chi connectivity index (χ4v) is 5.05. The van der Waals surface area contributed by atoms with Crippen molar-refractivity contribution in [3.63, 3.8) is 0 Å². The topological polar surface area (TPSA) is 87.3 Å². The Morgan fingerprint density at radius 2 is 1.74 bits per heavy atom. The highest BCUT2D eigenvalue weighted by Gasteiger charge is 2.22. The molecule has 5 aromatic rings. The van der Waals surface area contributed by atoms with E-state index in [-0.39, 0.29) is 30.1 Å². The molecule has 1 fully saturated rings. The van der Waals surface area contributed by atoms with E-state index in [0.29, 0.717) is 48.8 Å². The molecule has 43 heavy (non-hydrogen) atoms. The van der Waals surface area contributed by atoms with Gasteiger partial charge in [-0.2, -0.15) is 5.10 Å². The summed E-state index contributed by atoms with van der Waals surface area (Å²) in [7, 11) is 0. The van der Waals surface area contributed by atoms with Crippen LogP contribution >= 0.6 is 0 Å². The van der Waals surface area contributed by atoms with Crippen LogP contribution in [0, 0.1) is 11.6 Å². The molecular weight excluding hydrogens is 558 g/mol. The third kappa shape index (κ3) is 5.84. The number of ketones is 1. The summed E-state index contributed by atoms with van der Waals surface area (Å²) in [6.45, 7) is 4.62. The molecule has 0 amide bonds. The molecule has 9 nitrogen and oxygen atoms in total. The zero-order chi connectivity index (χ0) is 29.9. The van der Waals surface area contributed by atoms with Crippen LogP contribution in [0.3, 0.4) is 0 Å². The number of hydrogen-bond donors (Lipinski definition) is 0. The Labute approximate surface area is 245 Å². The molecule has 0 saturated carbocycles. The van der Waals surface area contributed by atoms with Crippen LogP contribution in [0.25, 0.3) is 11.2 Å². The van der Waals surface area contributed by atoms with Gasteiger partial charge in [-0.15, -0.1) is 0 Å². The van der Waals surface area contributed by atoms with Gasteiger partial charge in [-0.3, -0.25) is 14.2 Å². The molecule has 0 unspecified atom stereocenters.